The Morgan fingerprint density at radius 1 is 1.53 bits per heavy atom. The van der Waals surface area contributed by atoms with Gasteiger partial charge in [0.2, 0.25) is 5.91 Å². The van der Waals surface area contributed by atoms with Gasteiger partial charge in [-0.3, -0.25) is 9.69 Å². The highest BCUT2D eigenvalue weighted by Crippen LogP contribution is 2.20. The maximum absolute atomic E-state index is 12.2. The van der Waals surface area contributed by atoms with Crippen molar-refractivity contribution in [3.8, 4) is 0 Å². The molecule has 19 heavy (non-hydrogen) atoms. The van der Waals surface area contributed by atoms with Crippen LogP contribution in [0.2, 0.25) is 0 Å². The second-order valence-electron chi connectivity index (χ2n) is 4.89. The number of likely N-dealkylation sites (N-methyl/N-ethyl adjacent to an activating group) is 1. The van der Waals surface area contributed by atoms with E-state index in [4.69, 9.17) is 0 Å². The Bertz CT molecular complexity index is 416. The Labute approximate surface area is 126 Å². The van der Waals surface area contributed by atoms with Gasteiger partial charge in [-0.25, -0.2) is 0 Å². The number of carbonyl (C=O) groups excluding carboxylic acids is 1. The van der Waals surface area contributed by atoms with Crippen molar-refractivity contribution >= 4 is 33.2 Å². The first-order valence-corrected chi connectivity index (χ1v) is 8.22. The summed E-state index contributed by atoms with van der Waals surface area (Å²) in [5.74, 6) is 0.238. The summed E-state index contributed by atoms with van der Waals surface area (Å²) in [7, 11) is 2.00. The molecule has 0 unspecified atom stereocenters. The van der Waals surface area contributed by atoms with Crippen LogP contribution >= 0.6 is 27.3 Å². The number of thiophene rings is 1. The Balaban J connectivity index is 1.80. The number of rotatable bonds is 4. The van der Waals surface area contributed by atoms with E-state index in [0.717, 1.165) is 43.6 Å². The summed E-state index contributed by atoms with van der Waals surface area (Å²) in [5.41, 5.74) is 0. The van der Waals surface area contributed by atoms with E-state index in [1.165, 1.54) is 4.88 Å². The molecular formula is C13H20BrN3OS. The third-order valence-corrected chi connectivity index (χ3v) is 4.83. The molecule has 0 atom stereocenters. The molecule has 1 aromatic rings. The molecule has 0 saturated carbocycles. The van der Waals surface area contributed by atoms with Crippen molar-refractivity contribution in [3.63, 3.8) is 0 Å². The summed E-state index contributed by atoms with van der Waals surface area (Å²) in [6, 6.07) is 2.11. The van der Waals surface area contributed by atoms with E-state index in [9.17, 15) is 4.79 Å². The zero-order valence-electron chi connectivity index (χ0n) is 11.2. The fourth-order valence-electron chi connectivity index (χ4n) is 2.18. The Morgan fingerprint density at radius 2 is 2.37 bits per heavy atom. The van der Waals surface area contributed by atoms with Crippen LogP contribution in [-0.4, -0.2) is 55.5 Å². The Morgan fingerprint density at radius 3 is 3.11 bits per heavy atom. The van der Waals surface area contributed by atoms with Crippen molar-refractivity contribution in [2.45, 2.75) is 13.0 Å². The maximum atomic E-state index is 12.2. The summed E-state index contributed by atoms with van der Waals surface area (Å²) in [6.07, 6.45) is 1.05. The fourth-order valence-corrected chi connectivity index (χ4v) is 3.71. The third-order valence-electron chi connectivity index (χ3n) is 3.15. The number of halogens is 1. The molecule has 1 fully saturated rings. The highest BCUT2D eigenvalue weighted by molar-refractivity contribution is 9.10. The van der Waals surface area contributed by atoms with Gasteiger partial charge in [-0.2, -0.15) is 0 Å². The van der Waals surface area contributed by atoms with Crippen LogP contribution in [-0.2, 0) is 11.3 Å². The van der Waals surface area contributed by atoms with Gasteiger partial charge in [0, 0.05) is 40.9 Å². The first-order chi connectivity index (χ1) is 9.15. The summed E-state index contributed by atoms with van der Waals surface area (Å²) in [5, 5.41) is 5.39. The van der Waals surface area contributed by atoms with Crippen molar-refractivity contribution < 1.29 is 4.79 Å². The number of hydrogen-bond donors (Lipinski definition) is 1. The van der Waals surface area contributed by atoms with E-state index >= 15 is 0 Å². The minimum Gasteiger partial charge on any atom is -0.340 e. The van der Waals surface area contributed by atoms with Gasteiger partial charge < -0.3 is 10.2 Å². The average Bonchev–Trinajstić information content (AvgIpc) is 2.64. The standard InChI is InChI=1S/C13H20BrN3OS/c1-16(8-12-7-11(14)10-19-12)9-13(18)17-5-2-3-15-4-6-17/h7,10,15H,2-6,8-9H2,1H3. The first kappa shape index (κ1) is 15.0. The monoisotopic (exact) mass is 345 g/mol. The molecular weight excluding hydrogens is 326 g/mol. The van der Waals surface area contributed by atoms with E-state index in [1.54, 1.807) is 11.3 Å². The zero-order valence-corrected chi connectivity index (χ0v) is 13.6. The Kier molecular flexibility index (Phi) is 5.81. The number of nitrogens with one attached hydrogen (secondary N) is 1. The van der Waals surface area contributed by atoms with Gasteiger partial charge in [0.15, 0.2) is 0 Å². The summed E-state index contributed by atoms with van der Waals surface area (Å²) < 4.78 is 1.12. The van der Waals surface area contributed by atoms with Gasteiger partial charge in [0.1, 0.15) is 0 Å². The van der Waals surface area contributed by atoms with Crippen molar-refractivity contribution in [3.05, 3.63) is 20.8 Å². The van der Waals surface area contributed by atoms with E-state index in [0.29, 0.717) is 6.54 Å². The predicted molar refractivity (Wildman–Crippen MR) is 82.4 cm³/mol. The molecule has 2 rings (SSSR count). The molecule has 0 aliphatic carbocycles. The molecule has 2 heterocycles. The largest absolute Gasteiger partial charge is 0.340 e. The molecule has 1 N–H and O–H groups in total. The van der Waals surface area contributed by atoms with Crippen molar-refractivity contribution in [1.29, 1.82) is 0 Å². The number of amides is 1. The van der Waals surface area contributed by atoms with Gasteiger partial charge in [0.25, 0.3) is 0 Å². The molecule has 1 amide bonds. The molecule has 1 aromatic heterocycles. The lowest BCUT2D eigenvalue weighted by molar-refractivity contribution is -0.132. The predicted octanol–water partition coefficient (Wildman–Crippen LogP) is 1.76. The van der Waals surface area contributed by atoms with Crippen molar-refractivity contribution in [1.82, 2.24) is 15.1 Å². The molecule has 0 aromatic carbocycles. The third kappa shape index (κ3) is 4.87. The highest BCUT2D eigenvalue weighted by atomic mass is 79.9. The minimum absolute atomic E-state index is 0.238. The van der Waals surface area contributed by atoms with E-state index in [1.807, 2.05) is 11.9 Å². The van der Waals surface area contributed by atoms with Crippen LogP contribution in [0, 0.1) is 0 Å². The highest BCUT2D eigenvalue weighted by Gasteiger charge is 2.17. The van der Waals surface area contributed by atoms with Crippen LogP contribution in [0.5, 0.6) is 0 Å². The van der Waals surface area contributed by atoms with Crippen LogP contribution < -0.4 is 5.32 Å². The quantitative estimate of drug-likeness (QED) is 0.903. The van der Waals surface area contributed by atoms with Crippen LogP contribution in [0.3, 0.4) is 0 Å². The smallest absolute Gasteiger partial charge is 0.236 e. The lowest BCUT2D eigenvalue weighted by Gasteiger charge is -2.23. The fraction of sp³-hybridized carbons (Fsp3) is 0.615. The minimum atomic E-state index is 0.238. The lowest BCUT2D eigenvalue weighted by atomic mass is 10.3. The van der Waals surface area contributed by atoms with Gasteiger partial charge >= 0.3 is 0 Å². The van der Waals surface area contributed by atoms with Crippen LogP contribution in [0.4, 0.5) is 0 Å². The summed E-state index contributed by atoms with van der Waals surface area (Å²) in [4.78, 5) is 17.5. The van der Waals surface area contributed by atoms with Crippen LogP contribution in [0.1, 0.15) is 11.3 Å². The molecule has 0 spiro atoms. The average molecular weight is 346 g/mol. The normalized spacial score (nSPS) is 16.7. The zero-order chi connectivity index (χ0) is 13.7. The van der Waals surface area contributed by atoms with E-state index in [-0.39, 0.29) is 5.91 Å². The number of hydrogen-bond acceptors (Lipinski definition) is 4. The molecule has 106 valence electrons. The summed E-state index contributed by atoms with van der Waals surface area (Å²) >= 11 is 5.17. The molecule has 1 aliphatic heterocycles. The Hall–Kier alpha value is -0.430. The van der Waals surface area contributed by atoms with Gasteiger partial charge in [-0.05, 0) is 42.0 Å². The van der Waals surface area contributed by atoms with Crippen molar-refractivity contribution in [2.24, 2.45) is 0 Å². The van der Waals surface area contributed by atoms with Crippen LogP contribution in [0.25, 0.3) is 0 Å². The second kappa shape index (κ2) is 7.38. The SMILES string of the molecule is CN(CC(=O)N1CCCNCC1)Cc1cc(Br)cs1. The van der Waals surface area contributed by atoms with E-state index < -0.39 is 0 Å². The van der Waals surface area contributed by atoms with Crippen LogP contribution in [0.15, 0.2) is 15.9 Å². The second-order valence-corrected chi connectivity index (χ2v) is 6.80. The topological polar surface area (TPSA) is 35.6 Å². The van der Waals surface area contributed by atoms with Crippen molar-refractivity contribution in [2.75, 3.05) is 39.8 Å². The van der Waals surface area contributed by atoms with Gasteiger partial charge in [-0.15, -0.1) is 11.3 Å². The maximum Gasteiger partial charge on any atom is 0.236 e. The molecule has 4 nitrogen and oxygen atoms in total. The first-order valence-electron chi connectivity index (χ1n) is 6.55. The number of nitrogens with zero attached hydrogens (tertiary/aromatic N) is 2. The summed E-state index contributed by atoms with van der Waals surface area (Å²) in [6.45, 7) is 4.96. The van der Waals surface area contributed by atoms with E-state index in [2.05, 4.69) is 37.6 Å². The van der Waals surface area contributed by atoms with Gasteiger partial charge in [-0.1, -0.05) is 0 Å². The molecule has 0 radical (unpaired) electrons. The molecule has 0 bridgehead atoms. The number of carbonyl (C=O) groups is 1. The van der Waals surface area contributed by atoms with Gasteiger partial charge in [0.05, 0.1) is 6.54 Å². The molecule has 1 aliphatic rings. The molecule has 1 saturated heterocycles. The lowest BCUT2D eigenvalue weighted by Crippen LogP contribution is -2.40. The molecule has 6 heteroatoms.